The molecule has 3 aromatic carbocycles. The summed E-state index contributed by atoms with van der Waals surface area (Å²) in [5.41, 5.74) is 2.16. The van der Waals surface area contributed by atoms with E-state index in [4.69, 9.17) is 11.6 Å². The number of benzene rings is 3. The number of rotatable bonds is 5. The molecule has 0 aliphatic heterocycles. The number of amides is 1. The zero-order valence-electron chi connectivity index (χ0n) is 14.9. The Morgan fingerprint density at radius 3 is 2.68 bits per heavy atom. The van der Waals surface area contributed by atoms with Crippen LogP contribution in [0.5, 0.6) is 0 Å². The first-order valence-corrected chi connectivity index (χ1v) is 10.0. The highest BCUT2D eigenvalue weighted by atomic mass is 35.5. The van der Waals surface area contributed by atoms with Gasteiger partial charge in [0.25, 0.3) is 0 Å². The van der Waals surface area contributed by atoms with Crippen LogP contribution in [0.1, 0.15) is 16.0 Å². The molecule has 5 heteroatoms. The monoisotopic (exact) mass is 404 g/mol. The van der Waals surface area contributed by atoms with Crippen molar-refractivity contribution in [1.29, 1.82) is 0 Å². The fourth-order valence-corrected chi connectivity index (χ4v) is 3.93. The van der Waals surface area contributed by atoms with Crippen LogP contribution >= 0.6 is 22.9 Å². The molecule has 0 aliphatic carbocycles. The number of aromatic nitrogens is 1. The van der Waals surface area contributed by atoms with E-state index in [1.807, 2.05) is 54.6 Å². The second-order valence-electron chi connectivity index (χ2n) is 6.33. The van der Waals surface area contributed by atoms with Crippen LogP contribution in [0.2, 0.25) is 5.02 Å². The van der Waals surface area contributed by atoms with E-state index in [9.17, 15) is 4.79 Å². The first kappa shape index (κ1) is 18.4. The number of hydrogen-bond acceptors (Lipinski definition) is 3. The van der Waals surface area contributed by atoms with Crippen molar-refractivity contribution >= 4 is 50.8 Å². The van der Waals surface area contributed by atoms with Gasteiger partial charge in [0, 0.05) is 28.6 Å². The van der Waals surface area contributed by atoms with Crippen molar-refractivity contribution in [2.75, 3.05) is 5.32 Å². The van der Waals surface area contributed by atoms with Crippen molar-refractivity contribution in [1.82, 2.24) is 4.98 Å². The molecule has 0 radical (unpaired) electrons. The van der Waals surface area contributed by atoms with Gasteiger partial charge in [-0.05, 0) is 40.1 Å². The molecule has 0 aliphatic rings. The Hall–Kier alpha value is -2.95. The van der Waals surface area contributed by atoms with Gasteiger partial charge in [0.1, 0.15) is 0 Å². The predicted molar refractivity (Wildman–Crippen MR) is 118 cm³/mol. The summed E-state index contributed by atoms with van der Waals surface area (Å²) in [4.78, 5) is 17.7. The van der Waals surface area contributed by atoms with Gasteiger partial charge < -0.3 is 0 Å². The van der Waals surface area contributed by atoms with Gasteiger partial charge in [-0.2, -0.15) is 0 Å². The number of anilines is 1. The largest absolute Gasteiger partial charge is 0.298 e. The van der Waals surface area contributed by atoms with Crippen molar-refractivity contribution in [2.45, 2.75) is 6.42 Å². The Labute approximate surface area is 172 Å². The van der Waals surface area contributed by atoms with E-state index in [1.165, 1.54) is 11.3 Å². The minimum absolute atomic E-state index is 0.194. The van der Waals surface area contributed by atoms with Crippen LogP contribution in [0.3, 0.4) is 0 Å². The first-order valence-electron chi connectivity index (χ1n) is 8.83. The Balaban J connectivity index is 1.42. The number of thiazole rings is 1. The molecule has 0 spiro atoms. The van der Waals surface area contributed by atoms with Crippen LogP contribution in [0.15, 0.2) is 79.0 Å². The SMILES string of the molecule is O=C(/C=C/c1cccc2ccccc12)Nc1ncc(Cc2ccc(Cl)cc2)s1. The number of nitrogens with zero attached hydrogens (tertiary/aromatic N) is 1. The summed E-state index contributed by atoms with van der Waals surface area (Å²) in [6.07, 6.45) is 5.93. The van der Waals surface area contributed by atoms with Crippen molar-refractivity contribution in [3.05, 3.63) is 100 Å². The maximum Gasteiger partial charge on any atom is 0.250 e. The maximum absolute atomic E-state index is 12.3. The van der Waals surface area contributed by atoms with Crippen molar-refractivity contribution in [3.8, 4) is 0 Å². The standard InChI is InChI=1S/C23H17ClN2OS/c24-19-11-8-16(9-12-19)14-20-15-25-23(28-20)26-22(27)13-10-18-6-3-5-17-4-1-2-7-21(17)18/h1-13,15H,14H2,(H,25,26,27)/b13-10+. The van der Waals surface area contributed by atoms with E-state index in [0.717, 1.165) is 38.2 Å². The molecule has 0 saturated heterocycles. The van der Waals surface area contributed by atoms with Crippen LogP contribution in [0.25, 0.3) is 16.8 Å². The second-order valence-corrected chi connectivity index (χ2v) is 7.88. The minimum Gasteiger partial charge on any atom is -0.298 e. The van der Waals surface area contributed by atoms with Gasteiger partial charge in [-0.25, -0.2) is 4.98 Å². The van der Waals surface area contributed by atoms with Gasteiger partial charge in [-0.1, -0.05) is 66.2 Å². The fraction of sp³-hybridized carbons (Fsp3) is 0.0435. The summed E-state index contributed by atoms with van der Waals surface area (Å²) < 4.78 is 0. The molecule has 1 heterocycles. The predicted octanol–water partition coefficient (Wildman–Crippen LogP) is 6.19. The Morgan fingerprint density at radius 2 is 1.82 bits per heavy atom. The molecule has 1 aromatic heterocycles. The maximum atomic E-state index is 12.3. The third kappa shape index (κ3) is 4.47. The summed E-state index contributed by atoms with van der Waals surface area (Å²) in [6.45, 7) is 0. The Kier molecular flexibility index (Phi) is 5.51. The lowest BCUT2D eigenvalue weighted by molar-refractivity contribution is -0.111. The van der Waals surface area contributed by atoms with Crippen LogP contribution in [-0.4, -0.2) is 10.9 Å². The number of halogens is 1. The molecular weight excluding hydrogens is 388 g/mol. The van der Waals surface area contributed by atoms with Crippen LogP contribution in [0, 0.1) is 0 Å². The highest BCUT2D eigenvalue weighted by molar-refractivity contribution is 7.15. The number of nitrogens with one attached hydrogen (secondary N) is 1. The van der Waals surface area contributed by atoms with Gasteiger partial charge in [-0.3, -0.25) is 10.1 Å². The number of fused-ring (bicyclic) bond motifs is 1. The third-order valence-corrected chi connectivity index (χ3v) is 5.48. The number of hydrogen-bond donors (Lipinski definition) is 1. The molecule has 4 rings (SSSR count). The lowest BCUT2D eigenvalue weighted by atomic mass is 10.0. The molecule has 138 valence electrons. The summed E-state index contributed by atoms with van der Waals surface area (Å²) in [6, 6.07) is 21.9. The molecular formula is C23H17ClN2OS. The summed E-state index contributed by atoms with van der Waals surface area (Å²) in [5, 5.41) is 6.42. The molecule has 1 N–H and O–H groups in total. The molecule has 28 heavy (non-hydrogen) atoms. The molecule has 0 unspecified atom stereocenters. The lowest BCUT2D eigenvalue weighted by Gasteiger charge is -2.01. The molecule has 0 fully saturated rings. The minimum atomic E-state index is -0.194. The highest BCUT2D eigenvalue weighted by Crippen LogP contribution is 2.23. The fourth-order valence-electron chi connectivity index (χ4n) is 2.96. The summed E-state index contributed by atoms with van der Waals surface area (Å²) in [5.74, 6) is -0.194. The highest BCUT2D eigenvalue weighted by Gasteiger charge is 2.06. The van der Waals surface area contributed by atoms with Gasteiger partial charge in [0.05, 0.1) is 0 Å². The normalized spacial score (nSPS) is 11.2. The molecule has 1 amide bonds. The average molecular weight is 405 g/mol. The molecule has 4 aromatic rings. The second kappa shape index (κ2) is 8.38. The van der Waals surface area contributed by atoms with E-state index in [0.29, 0.717) is 5.13 Å². The first-order chi connectivity index (χ1) is 13.7. The van der Waals surface area contributed by atoms with Crippen LogP contribution in [-0.2, 0) is 11.2 Å². The average Bonchev–Trinajstić information content (AvgIpc) is 3.15. The summed E-state index contributed by atoms with van der Waals surface area (Å²) in [7, 11) is 0. The Morgan fingerprint density at radius 1 is 1.04 bits per heavy atom. The van der Waals surface area contributed by atoms with Gasteiger partial charge >= 0.3 is 0 Å². The quantitative estimate of drug-likeness (QED) is 0.403. The smallest absolute Gasteiger partial charge is 0.250 e. The van der Waals surface area contributed by atoms with Crippen LogP contribution < -0.4 is 5.32 Å². The van der Waals surface area contributed by atoms with Gasteiger partial charge in [-0.15, -0.1) is 11.3 Å². The van der Waals surface area contributed by atoms with E-state index >= 15 is 0 Å². The van der Waals surface area contributed by atoms with E-state index in [1.54, 1.807) is 12.3 Å². The Bertz CT molecular complexity index is 1140. The van der Waals surface area contributed by atoms with E-state index in [-0.39, 0.29) is 5.91 Å². The van der Waals surface area contributed by atoms with Crippen LogP contribution in [0.4, 0.5) is 5.13 Å². The molecule has 0 saturated carbocycles. The van der Waals surface area contributed by atoms with Gasteiger partial charge in [0.15, 0.2) is 5.13 Å². The molecule has 0 bridgehead atoms. The number of carbonyl (C=O) groups excluding carboxylic acids is 1. The molecule has 0 atom stereocenters. The van der Waals surface area contributed by atoms with Gasteiger partial charge in [0.2, 0.25) is 5.91 Å². The van der Waals surface area contributed by atoms with Crippen molar-refractivity contribution in [2.24, 2.45) is 0 Å². The third-order valence-electron chi connectivity index (χ3n) is 4.31. The topological polar surface area (TPSA) is 42.0 Å². The lowest BCUT2D eigenvalue weighted by Crippen LogP contribution is -2.07. The van der Waals surface area contributed by atoms with Crippen molar-refractivity contribution < 1.29 is 4.79 Å². The van der Waals surface area contributed by atoms with E-state index < -0.39 is 0 Å². The zero-order valence-corrected chi connectivity index (χ0v) is 16.5. The van der Waals surface area contributed by atoms with Crippen molar-refractivity contribution in [3.63, 3.8) is 0 Å². The number of carbonyl (C=O) groups is 1. The zero-order chi connectivity index (χ0) is 19.3. The van der Waals surface area contributed by atoms with E-state index in [2.05, 4.69) is 28.5 Å². The summed E-state index contributed by atoms with van der Waals surface area (Å²) >= 11 is 7.39. The molecule has 3 nitrogen and oxygen atoms in total.